The number of benzene rings is 2. The van der Waals surface area contributed by atoms with Crippen molar-refractivity contribution >= 4 is 23.3 Å². The summed E-state index contributed by atoms with van der Waals surface area (Å²) < 4.78 is 0. The lowest BCUT2D eigenvalue weighted by atomic mass is 10.0. The van der Waals surface area contributed by atoms with Gasteiger partial charge in [-0.2, -0.15) is 0 Å². The Morgan fingerprint density at radius 3 is 1.83 bits per heavy atom. The van der Waals surface area contributed by atoms with E-state index in [1.807, 2.05) is 23.9 Å². The SMILES string of the molecule is C=CC(C)CSc1ccccc1.CC(=O)c1ccccc1C(C)=O. The molecule has 0 aromatic heterocycles. The quantitative estimate of drug-likeness (QED) is 0.385. The van der Waals surface area contributed by atoms with Crippen molar-refractivity contribution in [2.45, 2.75) is 25.7 Å². The Kier molecular flexibility index (Phi) is 8.80. The molecule has 0 aliphatic heterocycles. The molecule has 0 saturated heterocycles. The number of Topliss-reactive ketones (excluding diaryl/α,β-unsaturated/α-hetero) is 2. The highest BCUT2D eigenvalue weighted by Gasteiger charge is 2.08. The van der Waals surface area contributed by atoms with Gasteiger partial charge in [-0.05, 0) is 31.9 Å². The number of carbonyl (C=O) groups excluding carboxylic acids is 2. The highest BCUT2D eigenvalue weighted by molar-refractivity contribution is 7.99. The van der Waals surface area contributed by atoms with Gasteiger partial charge in [0.25, 0.3) is 0 Å². The molecule has 0 radical (unpaired) electrons. The molecule has 0 bridgehead atoms. The molecule has 1 unspecified atom stereocenters. The zero-order valence-corrected chi connectivity index (χ0v) is 15.3. The Morgan fingerprint density at radius 2 is 1.42 bits per heavy atom. The lowest BCUT2D eigenvalue weighted by molar-refractivity contribution is 0.0981. The van der Waals surface area contributed by atoms with Gasteiger partial charge in [0.15, 0.2) is 11.6 Å². The molecule has 2 aromatic rings. The molecule has 0 fully saturated rings. The van der Waals surface area contributed by atoms with Crippen molar-refractivity contribution in [2.24, 2.45) is 5.92 Å². The van der Waals surface area contributed by atoms with Crippen LogP contribution in [0.2, 0.25) is 0 Å². The Bertz CT molecular complexity index is 644. The highest BCUT2D eigenvalue weighted by atomic mass is 32.2. The fourth-order valence-corrected chi connectivity index (χ4v) is 2.85. The number of allylic oxidation sites excluding steroid dienone is 1. The molecule has 3 heteroatoms. The van der Waals surface area contributed by atoms with Gasteiger partial charge in [0.2, 0.25) is 0 Å². The van der Waals surface area contributed by atoms with Gasteiger partial charge in [-0.3, -0.25) is 9.59 Å². The van der Waals surface area contributed by atoms with Crippen LogP contribution >= 0.6 is 11.8 Å². The maximum Gasteiger partial charge on any atom is 0.160 e. The molecule has 126 valence electrons. The van der Waals surface area contributed by atoms with Gasteiger partial charge in [-0.15, -0.1) is 18.3 Å². The standard InChI is InChI=1S/C11H14S.C10H10O2/c1-3-10(2)9-12-11-7-5-4-6-8-11;1-7(11)9-5-3-4-6-10(9)8(2)12/h3-8,10H,1,9H2,2H3;3-6H,1-2H3. The number of ketones is 2. The molecule has 24 heavy (non-hydrogen) atoms. The van der Waals surface area contributed by atoms with Gasteiger partial charge >= 0.3 is 0 Å². The smallest absolute Gasteiger partial charge is 0.160 e. The van der Waals surface area contributed by atoms with Gasteiger partial charge < -0.3 is 0 Å². The molecule has 0 heterocycles. The van der Waals surface area contributed by atoms with E-state index in [4.69, 9.17) is 0 Å². The zero-order chi connectivity index (χ0) is 17.9. The third kappa shape index (κ3) is 6.97. The van der Waals surface area contributed by atoms with E-state index in [9.17, 15) is 9.59 Å². The number of rotatable bonds is 6. The molecule has 2 nitrogen and oxygen atoms in total. The first kappa shape index (κ1) is 19.9. The third-order valence-electron chi connectivity index (χ3n) is 3.34. The van der Waals surface area contributed by atoms with E-state index in [2.05, 4.69) is 37.8 Å². The average molecular weight is 340 g/mol. The van der Waals surface area contributed by atoms with E-state index in [-0.39, 0.29) is 11.6 Å². The van der Waals surface area contributed by atoms with E-state index in [0.29, 0.717) is 17.0 Å². The van der Waals surface area contributed by atoms with Crippen LogP contribution in [0.3, 0.4) is 0 Å². The van der Waals surface area contributed by atoms with Crippen LogP contribution in [0.5, 0.6) is 0 Å². The summed E-state index contributed by atoms with van der Waals surface area (Å²) in [7, 11) is 0. The molecule has 0 saturated carbocycles. The van der Waals surface area contributed by atoms with E-state index < -0.39 is 0 Å². The molecule has 0 N–H and O–H groups in total. The Morgan fingerprint density at radius 1 is 0.958 bits per heavy atom. The maximum absolute atomic E-state index is 11.0. The molecular weight excluding hydrogens is 316 g/mol. The first-order chi connectivity index (χ1) is 11.5. The monoisotopic (exact) mass is 340 g/mol. The third-order valence-corrected chi connectivity index (χ3v) is 4.64. The van der Waals surface area contributed by atoms with Crippen molar-refractivity contribution in [3.05, 3.63) is 78.4 Å². The van der Waals surface area contributed by atoms with Crippen molar-refractivity contribution in [1.82, 2.24) is 0 Å². The van der Waals surface area contributed by atoms with Crippen LogP contribution in [0.4, 0.5) is 0 Å². The maximum atomic E-state index is 11.0. The first-order valence-electron chi connectivity index (χ1n) is 7.87. The normalized spacial score (nSPS) is 11.0. The predicted octanol–water partition coefficient (Wildman–Crippen LogP) is 5.69. The molecule has 2 rings (SSSR count). The Balaban J connectivity index is 0.000000240. The largest absolute Gasteiger partial charge is 0.294 e. The van der Waals surface area contributed by atoms with Crippen LogP contribution in [-0.2, 0) is 0 Å². The fourth-order valence-electron chi connectivity index (χ4n) is 1.91. The van der Waals surface area contributed by atoms with Gasteiger partial charge in [0.05, 0.1) is 0 Å². The second kappa shape index (κ2) is 10.6. The topological polar surface area (TPSA) is 34.1 Å². The van der Waals surface area contributed by atoms with Crippen LogP contribution in [-0.4, -0.2) is 17.3 Å². The van der Waals surface area contributed by atoms with Crippen LogP contribution < -0.4 is 0 Å². The molecule has 2 aromatic carbocycles. The minimum absolute atomic E-state index is 0.0687. The summed E-state index contributed by atoms with van der Waals surface area (Å²) in [6.07, 6.45) is 2.00. The van der Waals surface area contributed by atoms with Gasteiger partial charge in [0, 0.05) is 21.8 Å². The molecule has 0 aliphatic rings. The van der Waals surface area contributed by atoms with E-state index in [1.54, 1.807) is 24.3 Å². The van der Waals surface area contributed by atoms with E-state index in [0.717, 1.165) is 5.75 Å². The van der Waals surface area contributed by atoms with Gasteiger partial charge in [-0.25, -0.2) is 0 Å². The van der Waals surface area contributed by atoms with Crippen LogP contribution in [0.25, 0.3) is 0 Å². The van der Waals surface area contributed by atoms with Crippen molar-refractivity contribution in [3.63, 3.8) is 0 Å². The van der Waals surface area contributed by atoms with Crippen LogP contribution in [0.1, 0.15) is 41.5 Å². The molecule has 0 amide bonds. The lowest BCUT2D eigenvalue weighted by Crippen LogP contribution is -2.02. The summed E-state index contributed by atoms with van der Waals surface area (Å²) in [6, 6.07) is 17.3. The lowest BCUT2D eigenvalue weighted by Gasteiger charge is -2.04. The van der Waals surface area contributed by atoms with Gasteiger partial charge in [-0.1, -0.05) is 55.5 Å². The summed E-state index contributed by atoms with van der Waals surface area (Å²) in [5, 5.41) is 0. The van der Waals surface area contributed by atoms with E-state index >= 15 is 0 Å². The second-order valence-electron chi connectivity index (χ2n) is 5.49. The number of hydrogen-bond acceptors (Lipinski definition) is 3. The Labute approximate surface area is 149 Å². The first-order valence-corrected chi connectivity index (χ1v) is 8.85. The summed E-state index contributed by atoms with van der Waals surface area (Å²) in [6.45, 7) is 8.86. The molecule has 0 aliphatic carbocycles. The predicted molar refractivity (Wildman–Crippen MR) is 103 cm³/mol. The van der Waals surface area contributed by atoms with Gasteiger partial charge in [0.1, 0.15) is 0 Å². The zero-order valence-electron chi connectivity index (χ0n) is 14.5. The molecular formula is C21H24O2S. The Hall–Kier alpha value is -2.13. The number of hydrogen-bond donors (Lipinski definition) is 0. The summed E-state index contributed by atoms with van der Waals surface area (Å²) in [5.41, 5.74) is 1.01. The van der Waals surface area contributed by atoms with Crippen LogP contribution in [0.15, 0.2) is 72.1 Å². The average Bonchev–Trinajstić information content (AvgIpc) is 2.61. The molecule has 0 spiro atoms. The van der Waals surface area contributed by atoms with Crippen molar-refractivity contribution in [3.8, 4) is 0 Å². The minimum Gasteiger partial charge on any atom is -0.294 e. The highest BCUT2D eigenvalue weighted by Crippen LogP contribution is 2.20. The fraction of sp³-hybridized carbons (Fsp3) is 0.238. The summed E-state index contributed by atoms with van der Waals surface area (Å²) in [5.74, 6) is 1.57. The van der Waals surface area contributed by atoms with Crippen LogP contribution in [0, 0.1) is 5.92 Å². The second-order valence-corrected chi connectivity index (χ2v) is 6.59. The number of thioether (sulfide) groups is 1. The summed E-state index contributed by atoms with van der Waals surface area (Å²) in [4.78, 5) is 23.4. The minimum atomic E-state index is -0.0687. The molecule has 1 atom stereocenters. The van der Waals surface area contributed by atoms with Crippen molar-refractivity contribution in [2.75, 3.05) is 5.75 Å². The number of carbonyl (C=O) groups is 2. The summed E-state index contributed by atoms with van der Waals surface area (Å²) >= 11 is 1.88. The van der Waals surface area contributed by atoms with Crippen molar-refractivity contribution in [1.29, 1.82) is 0 Å². The van der Waals surface area contributed by atoms with E-state index in [1.165, 1.54) is 18.7 Å². The van der Waals surface area contributed by atoms with Crippen molar-refractivity contribution < 1.29 is 9.59 Å².